The summed E-state index contributed by atoms with van der Waals surface area (Å²) < 4.78 is 57.8. The molecule has 0 radical (unpaired) electrons. The van der Waals surface area contributed by atoms with E-state index in [4.69, 9.17) is 9.60 Å². The summed E-state index contributed by atoms with van der Waals surface area (Å²) in [6.45, 7) is 0. The first-order chi connectivity index (χ1) is 11.3. The van der Waals surface area contributed by atoms with Crippen LogP contribution in [0.3, 0.4) is 0 Å². The van der Waals surface area contributed by atoms with Gasteiger partial charge in [0.15, 0.2) is 0 Å². The summed E-state index contributed by atoms with van der Waals surface area (Å²) in [5.41, 5.74) is 0.608. The molecule has 0 amide bonds. The molecule has 2 aromatic heterocycles. The smallest absolute Gasteiger partial charge is 0.145 e. The molecular formula is C15H10N2. The van der Waals surface area contributed by atoms with Crippen molar-refractivity contribution in [2.45, 2.75) is 0 Å². The topological polar surface area (TPSA) is 17.3 Å². The first-order valence-electron chi connectivity index (χ1n) is 8.60. The second-order valence-corrected chi connectivity index (χ2v) is 3.67. The average Bonchev–Trinajstić information content (AvgIpc) is 3.04. The van der Waals surface area contributed by atoms with Gasteiger partial charge in [-0.05, 0) is 11.4 Å². The maximum Gasteiger partial charge on any atom is 0.145 e. The van der Waals surface area contributed by atoms with Gasteiger partial charge in [-0.1, -0.05) is 42.3 Å². The van der Waals surface area contributed by atoms with Crippen LogP contribution in [0.15, 0.2) is 60.8 Å². The highest BCUT2D eigenvalue weighted by Crippen LogP contribution is 2.28. The molecule has 2 heteroatoms. The van der Waals surface area contributed by atoms with Crippen LogP contribution < -0.4 is 0 Å². The number of benzene rings is 2. The van der Waals surface area contributed by atoms with Crippen LogP contribution in [-0.4, -0.2) is 9.38 Å². The van der Waals surface area contributed by atoms with Crippen LogP contribution in [-0.2, 0) is 0 Å². The Morgan fingerprint density at radius 2 is 1.76 bits per heavy atom. The van der Waals surface area contributed by atoms with Gasteiger partial charge >= 0.3 is 0 Å². The Hall–Kier alpha value is -2.35. The summed E-state index contributed by atoms with van der Waals surface area (Å²) in [5, 5.41) is 0.806. The molecule has 17 heavy (non-hydrogen) atoms. The second-order valence-electron chi connectivity index (χ2n) is 3.67. The number of rotatable bonds is 0. The molecule has 0 spiro atoms. The third kappa shape index (κ3) is 1.07. The average molecular weight is 225 g/mol. The van der Waals surface area contributed by atoms with Gasteiger partial charge in [-0.3, -0.25) is 4.40 Å². The first-order valence-corrected chi connectivity index (χ1v) is 5.10. The zero-order chi connectivity index (χ0) is 17.3. The van der Waals surface area contributed by atoms with Crippen molar-refractivity contribution in [2.24, 2.45) is 0 Å². The van der Waals surface area contributed by atoms with Crippen LogP contribution in [0.4, 0.5) is 0 Å². The number of imidazole rings is 1. The largest absolute Gasteiger partial charge is 0.299 e. The zero-order valence-electron chi connectivity index (χ0n) is 15.6. The van der Waals surface area contributed by atoms with Crippen molar-refractivity contribution in [3.63, 3.8) is 0 Å². The number of para-hydroxylation sites is 1. The predicted octanol–water partition coefficient (Wildman–Crippen LogP) is 3.64. The van der Waals surface area contributed by atoms with E-state index in [0.717, 1.165) is 0 Å². The molecule has 80 valence electrons. The number of aromatic nitrogens is 2. The minimum Gasteiger partial charge on any atom is -0.299 e. The van der Waals surface area contributed by atoms with Crippen molar-refractivity contribution in [3.05, 3.63) is 60.8 Å². The third-order valence-corrected chi connectivity index (χ3v) is 2.79. The van der Waals surface area contributed by atoms with Crippen molar-refractivity contribution in [3.8, 4) is 0 Å². The van der Waals surface area contributed by atoms with Crippen molar-refractivity contribution < 1.29 is 9.60 Å². The highest BCUT2D eigenvalue weighted by Gasteiger charge is 2.07. The standard InChI is InChI=1S/C15H10N2/c1-2-7-13-11(5-1)12-6-3-4-8-14(12)17-10-9-16-15(13)17/h1-10H/i1D,2D,3D,4D,5D,6D,8D. The first kappa shape index (κ1) is 4.49. The van der Waals surface area contributed by atoms with Crippen LogP contribution >= 0.6 is 0 Å². The molecule has 0 fully saturated rings. The van der Waals surface area contributed by atoms with Crippen LogP contribution in [0.5, 0.6) is 0 Å². The quantitative estimate of drug-likeness (QED) is 0.418. The van der Waals surface area contributed by atoms with Crippen LogP contribution in [0.25, 0.3) is 27.3 Å². The highest BCUT2D eigenvalue weighted by atomic mass is 15.0. The summed E-state index contributed by atoms with van der Waals surface area (Å²) in [5.74, 6) is 0. The van der Waals surface area contributed by atoms with E-state index >= 15 is 0 Å². The number of nitrogens with zero attached hydrogens (tertiary/aromatic N) is 2. The second kappa shape index (κ2) is 3.08. The maximum atomic E-state index is 8.24. The Kier molecular flexibility index (Phi) is 0.813. The molecule has 2 heterocycles. The van der Waals surface area contributed by atoms with Crippen molar-refractivity contribution in [2.75, 3.05) is 0 Å². The molecule has 2 nitrogen and oxygen atoms in total. The molecule has 0 N–H and O–H groups in total. The Morgan fingerprint density at radius 3 is 2.76 bits per heavy atom. The van der Waals surface area contributed by atoms with Crippen LogP contribution in [0.1, 0.15) is 9.60 Å². The van der Waals surface area contributed by atoms with E-state index in [1.165, 1.54) is 16.7 Å². The molecule has 0 aliphatic rings. The van der Waals surface area contributed by atoms with Crippen molar-refractivity contribution >= 4 is 27.3 Å². The Labute approximate surface area is 108 Å². The summed E-state index contributed by atoms with van der Waals surface area (Å²) in [6, 6.07) is -0.485. The highest BCUT2D eigenvalue weighted by molar-refractivity contribution is 6.11. The van der Waals surface area contributed by atoms with E-state index in [9.17, 15) is 0 Å². The molecule has 4 rings (SSSR count). The van der Waals surface area contributed by atoms with Gasteiger partial charge in [0.1, 0.15) is 5.65 Å². The lowest BCUT2D eigenvalue weighted by atomic mass is 10.1. The molecular weight excluding hydrogens is 208 g/mol. The monoisotopic (exact) mass is 225 g/mol. The molecule has 4 aromatic rings. The van der Waals surface area contributed by atoms with Gasteiger partial charge in [-0.2, -0.15) is 0 Å². The van der Waals surface area contributed by atoms with Gasteiger partial charge < -0.3 is 0 Å². The van der Waals surface area contributed by atoms with Crippen molar-refractivity contribution in [1.82, 2.24) is 9.38 Å². The van der Waals surface area contributed by atoms with E-state index in [1.807, 2.05) is 0 Å². The number of hydrogen-bond acceptors (Lipinski definition) is 1. The third-order valence-electron chi connectivity index (χ3n) is 2.79. The van der Waals surface area contributed by atoms with E-state index in [2.05, 4.69) is 4.98 Å². The molecule has 0 unspecified atom stereocenters. The summed E-state index contributed by atoms with van der Waals surface area (Å²) >= 11 is 0. The SMILES string of the molecule is [2H]c1cc2c(c([2H])c1[2H])c1c([2H])c([2H])c([2H])c([2H])c1n1ccnc21. The fourth-order valence-electron chi connectivity index (χ4n) is 2.07. The van der Waals surface area contributed by atoms with E-state index in [0.29, 0.717) is 11.0 Å². The number of pyridine rings is 1. The molecule has 0 bridgehead atoms. The Balaban J connectivity index is 2.52. The fraction of sp³-hybridized carbons (Fsp3) is 0. The lowest BCUT2D eigenvalue weighted by Crippen LogP contribution is -1.89. The zero-order valence-corrected chi connectivity index (χ0v) is 8.63. The van der Waals surface area contributed by atoms with Gasteiger partial charge in [0.2, 0.25) is 0 Å². The minimum absolute atomic E-state index is 0.127. The van der Waals surface area contributed by atoms with E-state index in [1.54, 1.807) is 6.20 Å². The predicted molar refractivity (Wildman–Crippen MR) is 70.2 cm³/mol. The van der Waals surface area contributed by atoms with Crippen LogP contribution in [0.2, 0.25) is 0 Å². The maximum absolute atomic E-state index is 8.24. The van der Waals surface area contributed by atoms with E-state index < -0.39 is 6.04 Å². The molecule has 0 atom stereocenters. The normalized spacial score (nSPS) is 17.3. The number of fused-ring (bicyclic) bond motifs is 6. The summed E-state index contributed by atoms with van der Waals surface area (Å²) in [4.78, 5) is 4.21. The Morgan fingerprint density at radius 1 is 0.941 bits per heavy atom. The minimum atomic E-state index is -0.394. The molecule has 0 saturated carbocycles. The molecule has 2 aromatic carbocycles. The van der Waals surface area contributed by atoms with Gasteiger partial charge in [0.25, 0.3) is 0 Å². The van der Waals surface area contributed by atoms with Gasteiger partial charge in [0.05, 0.1) is 15.1 Å². The van der Waals surface area contributed by atoms with Gasteiger partial charge in [-0.25, -0.2) is 4.98 Å². The summed E-state index contributed by atoms with van der Waals surface area (Å²) in [6.07, 6.45) is 3.08. The Bertz CT molecular complexity index is 1180. The lowest BCUT2D eigenvalue weighted by Gasteiger charge is -2.07. The molecule has 0 aliphatic heterocycles. The fourth-order valence-corrected chi connectivity index (χ4v) is 2.07. The molecule has 0 aliphatic carbocycles. The summed E-state index contributed by atoms with van der Waals surface area (Å²) in [7, 11) is 0. The van der Waals surface area contributed by atoms with E-state index in [-0.39, 0.29) is 52.5 Å². The van der Waals surface area contributed by atoms with Crippen LogP contribution in [0, 0.1) is 0 Å². The van der Waals surface area contributed by atoms with Gasteiger partial charge in [-0.15, -0.1) is 0 Å². The lowest BCUT2D eigenvalue weighted by molar-refractivity contribution is 1.27. The van der Waals surface area contributed by atoms with Crippen molar-refractivity contribution in [1.29, 1.82) is 0 Å². The number of hydrogen-bond donors (Lipinski definition) is 0. The molecule has 0 saturated heterocycles. The van der Waals surface area contributed by atoms with Gasteiger partial charge in [0, 0.05) is 23.2 Å².